The van der Waals surface area contributed by atoms with Gasteiger partial charge in [0.2, 0.25) is 5.78 Å². The Kier molecular flexibility index (Phi) is 10.5. The number of nitrogens with zero attached hydrogens (tertiary/aromatic N) is 2. The Hall–Kier alpha value is -4.27. The molecular formula is C32H34F3N3O7S. The van der Waals surface area contributed by atoms with Crippen molar-refractivity contribution in [3.8, 4) is 0 Å². The van der Waals surface area contributed by atoms with Gasteiger partial charge in [-0.05, 0) is 66.1 Å². The number of hydrogen-bond acceptors (Lipinski definition) is 8. The first-order valence-electron chi connectivity index (χ1n) is 14.3. The number of alkyl halides is 3. The number of nitrogens with one attached hydrogen (secondary N) is 1. The number of aliphatic hydroxyl groups is 1. The van der Waals surface area contributed by atoms with E-state index in [-0.39, 0.29) is 35.1 Å². The SMILES string of the molecule is CCS(=O)(=O)c1ccc([C@H](CO)NC(=O)c2ccc(N3CC(c4ccc(C(F)(F)F)cc4)C[C@H]3C(=O)C(=O)N(C)OC)cc2)cc1. The third-order valence-electron chi connectivity index (χ3n) is 8.05. The van der Waals surface area contributed by atoms with Gasteiger partial charge in [0.1, 0.15) is 0 Å². The molecule has 0 aromatic heterocycles. The molecule has 10 nitrogen and oxygen atoms in total. The minimum absolute atomic E-state index is 0.0644. The van der Waals surface area contributed by atoms with Crippen LogP contribution in [0.5, 0.6) is 0 Å². The fourth-order valence-corrected chi connectivity index (χ4v) is 6.17. The fraction of sp³-hybridized carbons (Fsp3) is 0.344. The van der Waals surface area contributed by atoms with Gasteiger partial charge in [0.15, 0.2) is 9.84 Å². The van der Waals surface area contributed by atoms with Gasteiger partial charge in [0.25, 0.3) is 5.91 Å². The van der Waals surface area contributed by atoms with Crippen LogP contribution in [0, 0.1) is 0 Å². The van der Waals surface area contributed by atoms with E-state index in [9.17, 15) is 41.1 Å². The Balaban J connectivity index is 1.54. The average molecular weight is 662 g/mol. The van der Waals surface area contributed by atoms with Crippen LogP contribution in [0.2, 0.25) is 0 Å². The first kappa shape index (κ1) is 34.6. The van der Waals surface area contributed by atoms with Crippen LogP contribution >= 0.6 is 0 Å². The van der Waals surface area contributed by atoms with Crippen LogP contribution in [0.1, 0.15) is 52.4 Å². The number of hydroxylamine groups is 2. The number of anilines is 1. The van der Waals surface area contributed by atoms with Crippen molar-refractivity contribution in [3.05, 3.63) is 95.1 Å². The molecule has 3 atom stereocenters. The summed E-state index contributed by atoms with van der Waals surface area (Å²) in [6, 6.07) is 15.0. The molecule has 3 aromatic rings. The highest BCUT2D eigenvalue weighted by atomic mass is 32.2. The molecule has 0 bridgehead atoms. The maximum Gasteiger partial charge on any atom is 0.416 e. The van der Waals surface area contributed by atoms with E-state index in [1.807, 2.05) is 0 Å². The number of likely N-dealkylation sites (N-methyl/N-ethyl adjacent to an activating group) is 1. The molecule has 1 saturated heterocycles. The third kappa shape index (κ3) is 7.57. The molecule has 14 heteroatoms. The Morgan fingerprint density at radius 3 is 2.15 bits per heavy atom. The molecule has 1 fully saturated rings. The van der Waals surface area contributed by atoms with E-state index >= 15 is 0 Å². The predicted octanol–water partition coefficient (Wildman–Crippen LogP) is 3.91. The lowest BCUT2D eigenvalue weighted by Gasteiger charge is -2.26. The number of halogens is 3. The highest BCUT2D eigenvalue weighted by Gasteiger charge is 2.41. The molecule has 3 aromatic carbocycles. The largest absolute Gasteiger partial charge is 0.416 e. The predicted molar refractivity (Wildman–Crippen MR) is 163 cm³/mol. The lowest BCUT2D eigenvalue weighted by molar-refractivity contribution is -0.173. The minimum Gasteiger partial charge on any atom is -0.394 e. The van der Waals surface area contributed by atoms with Gasteiger partial charge in [-0.15, -0.1) is 0 Å². The molecule has 46 heavy (non-hydrogen) atoms. The van der Waals surface area contributed by atoms with Gasteiger partial charge in [-0.3, -0.25) is 19.2 Å². The summed E-state index contributed by atoms with van der Waals surface area (Å²) in [5.74, 6) is -2.61. The number of ketones is 1. The fourth-order valence-electron chi connectivity index (χ4n) is 5.29. The van der Waals surface area contributed by atoms with E-state index in [0.29, 0.717) is 16.8 Å². The molecule has 0 spiro atoms. The molecule has 1 aliphatic heterocycles. The van der Waals surface area contributed by atoms with Gasteiger partial charge in [0, 0.05) is 30.8 Å². The monoisotopic (exact) mass is 661 g/mol. The van der Waals surface area contributed by atoms with Crippen LogP contribution < -0.4 is 10.2 Å². The Bertz CT molecular complexity index is 1660. The normalized spacial score (nSPS) is 17.4. The van der Waals surface area contributed by atoms with Crippen molar-refractivity contribution in [1.29, 1.82) is 0 Å². The quantitative estimate of drug-likeness (QED) is 0.234. The maximum atomic E-state index is 13.3. The maximum absolute atomic E-state index is 13.3. The van der Waals surface area contributed by atoms with Crippen molar-refractivity contribution in [2.75, 3.05) is 38.0 Å². The molecular weight excluding hydrogens is 627 g/mol. The molecule has 2 N–H and O–H groups in total. The van der Waals surface area contributed by atoms with Gasteiger partial charge in [0.05, 0.1) is 42.0 Å². The summed E-state index contributed by atoms with van der Waals surface area (Å²) in [6.45, 7) is 1.30. The second kappa shape index (κ2) is 14.0. The molecule has 2 amide bonds. The van der Waals surface area contributed by atoms with Crippen molar-refractivity contribution >= 4 is 33.1 Å². The topological polar surface area (TPSA) is 133 Å². The van der Waals surface area contributed by atoms with Gasteiger partial charge in [-0.2, -0.15) is 13.2 Å². The number of carbonyl (C=O) groups excluding carboxylic acids is 3. The van der Waals surface area contributed by atoms with Crippen molar-refractivity contribution in [2.24, 2.45) is 0 Å². The summed E-state index contributed by atoms with van der Waals surface area (Å²) in [5, 5.41) is 13.4. The standard InChI is InChI=1S/C32H34F3N3O7S/c1-4-46(43,44)26-15-9-21(10-16-26)27(19-39)36-30(41)22-7-13-25(14-8-22)38-18-23(17-28(38)29(40)31(42)37(2)45-3)20-5-11-24(12-6-20)32(33,34)35/h5-16,23,27-28,39H,4,17-19H2,1-3H3,(H,36,41)/t23?,27-,28-/m0/s1. The number of hydrogen-bond donors (Lipinski definition) is 2. The minimum atomic E-state index is -4.50. The average Bonchev–Trinajstić information content (AvgIpc) is 3.51. The van der Waals surface area contributed by atoms with E-state index < -0.39 is 57.9 Å². The smallest absolute Gasteiger partial charge is 0.394 e. The van der Waals surface area contributed by atoms with Crippen molar-refractivity contribution in [1.82, 2.24) is 10.4 Å². The summed E-state index contributed by atoms with van der Waals surface area (Å²) < 4.78 is 63.5. The molecule has 0 saturated carbocycles. The zero-order chi connectivity index (χ0) is 33.8. The van der Waals surface area contributed by atoms with Gasteiger partial charge in [-0.1, -0.05) is 31.2 Å². The lowest BCUT2D eigenvalue weighted by atomic mass is 9.94. The van der Waals surface area contributed by atoms with E-state index in [1.165, 1.54) is 69.6 Å². The number of sulfone groups is 1. The first-order chi connectivity index (χ1) is 21.7. The molecule has 0 radical (unpaired) electrons. The van der Waals surface area contributed by atoms with Crippen LogP contribution in [-0.2, 0) is 30.4 Å². The van der Waals surface area contributed by atoms with Crippen LogP contribution in [0.4, 0.5) is 18.9 Å². The number of amides is 2. The number of Topliss-reactive ketones (excluding diaryl/α,β-unsaturated/α-hetero) is 1. The van der Waals surface area contributed by atoms with E-state index in [1.54, 1.807) is 17.0 Å². The zero-order valence-corrected chi connectivity index (χ0v) is 26.1. The second-order valence-corrected chi connectivity index (χ2v) is 13.1. The molecule has 4 rings (SSSR count). The molecule has 1 unspecified atom stereocenters. The number of benzene rings is 3. The van der Waals surface area contributed by atoms with Gasteiger partial charge in [-0.25, -0.2) is 13.5 Å². The number of aliphatic hydroxyl groups excluding tert-OH is 1. The summed E-state index contributed by atoms with van der Waals surface area (Å²) in [7, 11) is -0.885. The van der Waals surface area contributed by atoms with Crippen LogP contribution in [0.3, 0.4) is 0 Å². The van der Waals surface area contributed by atoms with Crippen LogP contribution in [0.15, 0.2) is 77.7 Å². The first-order valence-corrected chi connectivity index (χ1v) is 16.0. The summed E-state index contributed by atoms with van der Waals surface area (Å²) >= 11 is 0. The lowest BCUT2D eigenvalue weighted by Crippen LogP contribution is -2.45. The van der Waals surface area contributed by atoms with Crippen molar-refractivity contribution in [2.45, 2.75) is 42.4 Å². The van der Waals surface area contributed by atoms with E-state index in [2.05, 4.69) is 5.32 Å². The van der Waals surface area contributed by atoms with Crippen LogP contribution in [-0.4, -0.2) is 75.3 Å². The van der Waals surface area contributed by atoms with Crippen LogP contribution in [0.25, 0.3) is 0 Å². The zero-order valence-electron chi connectivity index (χ0n) is 25.3. The Morgan fingerprint density at radius 1 is 1.02 bits per heavy atom. The summed E-state index contributed by atoms with van der Waals surface area (Å²) in [6.07, 6.45) is -4.34. The van der Waals surface area contributed by atoms with Crippen molar-refractivity contribution in [3.63, 3.8) is 0 Å². The second-order valence-electron chi connectivity index (χ2n) is 10.8. The molecule has 0 aliphatic carbocycles. The molecule has 1 aliphatic rings. The summed E-state index contributed by atoms with van der Waals surface area (Å²) in [5.41, 5.74) is 1.01. The highest BCUT2D eigenvalue weighted by molar-refractivity contribution is 7.91. The summed E-state index contributed by atoms with van der Waals surface area (Å²) in [4.78, 5) is 45.7. The van der Waals surface area contributed by atoms with Gasteiger partial charge < -0.3 is 15.3 Å². The van der Waals surface area contributed by atoms with Crippen molar-refractivity contribution < 1.29 is 45.9 Å². The van der Waals surface area contributed by atoms with E-state index in [4.69, 9.17) is 4.84 Å². The molecule has 1 heterocycles. The number of rotatable bonds is 11. The Labute approximate surface area is 264 Å². The Morgan fingerprint density at radius 2 is 1.63 bits per heavy atom. The van der Waals surface area contributed by atoms with Gasteiger partial charge >= 0.3 is 12.1 Å². The highest BCUT2D eigenvalue weighted by Crippen LogP contribution is 2.37. The van der Waals surface area contributed by atoms with E-state index in [0.717, 1.165) is 17.2 Å². The number of carbonyl (C=O) groups is 3. The molecule has 246 valence electrons. The third-order valence-corrected chi connectivity index (χ3v) is 9.80.